The smallest absolute Gasteiger partial charge is 0.404 e. The molecule has 0 saturated heterocycles. The molecule has 0 fully saturated rings. The maximum Gasteiger partial charge on any atom is 0.573 e. The number of sulfone groups is 1. The second kappa shape index (κ2) is 9.97. The first-order valence-electron chi connectivity index (χ1n) is 10.7. The van der Waals surface area contributed by atoms with Crippen molar-refractivity contribution >= 4 is 15.9 Å². The molecule has 2 aromatic carbocycles. The van der Waals surface area contributed by atoms with Crippen LogP contribution in [0.5, 0.6) is 5.75 Å². The van der Waals surface area contributed by atoms with Gasteiger partial charge in [-0.2, -0.15) is 18.4 Å². The van der Waals surface area contributed by atoms with Gasteiger partial charge in [0.05, 0.1) is 11.3 Å². The summed E-state index contributed by atoms with van der Waals surface area (Å²) in [7, 11) is -4.80. The second-order valence-electron chi connectivity index (χ2n) is 8.23. The Morgan fingerprint density at radius 1 is 1.03 bits per heavy atom. The maximum absolute atomic E-state index is 13.7. The Morgan fingerprint density at radius 2 is 1.62 bits per heavy atom. The molecule has 0 atom stereocenters. The fourth-order valence-corrected chi connectivity index (χ4v) is 5.03. The number of ether oxygens (including phenoxy) is 1. The molecule has 0 N–H and O–H groups in total. The summed E-state index contributed by atoms with van der Waals surface area (Å²) in [5.41, 5.74) is -0.409. The molecule has 12 heteroatoms. The summed E-state index contributed by atoms with van der Waals surface area (Å²) in [4.78, 5) is -1.80. The zero-order chi connectivity index (χ0) is 27.8. The van der Waals surface area contributed by atoms with E-state index in [4.69, 9.17) is 0 Å². The van der Waals surface area contributed by atoms with Gasteiger partial charge >= 0.3 is 12.5 Å². The SMILES string of the molecule is Cc1c(/C=C(\C#N)S(=O)(=O)c2ccccc2OC(F)(F)F)cc(C(C)C)n1-c1ccccc1C(F)(F)F. The summed E-state index contributed by atoms with van der Waals surface area (Å²) in [6.07, 6.45) is -8.94. The highest BCUT2D eigenvalue weighted by atomic mass is 32.2. The predicted molar refractivity (Wildman–Crippen MR) is 123 cm³/mol. The minimum atomic E-state index is -5.19. The van der Waals surface area contributed by atoms with Crippen LogP contribution >= 0.6 is 0 Å². The molecule has 0 aliphatic carbocycles. The van der Waals surface area contributed by atoms with Crippen molar-refractivity contribution in [2.75, 3.05) is 0 Å². The van der Waals surface area contributed by atoms with Crippen molar-refractivity contribution in [1.29, 1.82) is 5.26 Å². The second-order valence-corrected chi connectivity index (χ2v) is 10.1. The number of para-hydroxylation sites is 2. The van der Waals surface area contributed by atoms with Gasteiger partial charge in [0.25, 0.3) is 0 Å². The topological polar surface area (TPSA) is 72.1 Å². The van der Waals surface area contributed by atoms with Crippen LogP contribution in [-0.2, 0) is 16.0 Å². The number of allylic oxidation sites excluding steroid dienone is 1. The molecule has 0 amide bonds. The van der Waals surface area contributed by atoms with Crippen LogP contribution in [0.15, 0.2) is 64.4 Å². The van der Waals surface area contributed by atoms with Gasteiger partial charge in [0, 0.05) is 11.4 Å². The number of rotatable bonds is 6. The lowest BCUT2D eigenvalue weighted by Gasteiger charge is -2.19. The number of hydrogen-bond donors (Lipinski definition) is 0. The van der Waals surface area contributed by atoms with Crippen molar-refractivity contribution in [2.45, 2.75) is 44.1 Å². The van der Waals surface area contributed by atoms with Crippen LogP contribution in [0.1, 0.15) is 42.3 Å². The average Bonchev–Trinajstić information content (AvgIpc) is 3.12. The Hall–Kier alpha value is -3.72. The number of hydrogen-bond acceptors (Lipinski definition) is 4. The van der Waals surface area contributed by atoms with Crippen molar-refractivity contribution in [3.8, 4) is 17.5 Å². The molecule has 0 radical (unpaired) electrons. The fourth-order valence-electron chi connectivity index (χ4n) is 3.76. The summed E-state index contributed by atoms with van der Waals surface area (Å²) in [6.45, 7) is 4.90. The van der Waals surface area contributed by atoms with Crippen LogP contribution in [0.25, 0.3) is 11.8 Å². The highest BCUT2D eigenvalue weighted by Gasteiger charge is 2.36. The normalized spacial score (nSPS) is 13.1. The molecule has 37 heavy (non-hydrogen) atoms. The maximum atomic E-state index is 13.7. The Balaban J connectivity index is 2.24. The Kier molecular flexibility index (Phi) is 7.51. The number of nitriles is 1. The lowest BCUT2D eigenvalue weighted by atomic mass is 10.1. The van der Waals surface area contributed by atoms with Crippen molar-refractivity contribution in [1.82, 2.24) is 4.57 Å². The van der Waals surface area contributed by atoms with Crippen molar-refractivity contribution in [3.63, 3.8) is 0 Å². The first-order valence-corrected chi connectivity index (χ1v) is 12.2. The molecule has 1 aromatic heterocycles. The van der Waals surface area contributed by atoms with Gasteiger partial charge in [-0.3, -0.25) is 0 Å². The van der Waals surface area contributed by atoms with Crippen LogP contribution in [0.3, 0.4) is 0 Å². The highest BCUT2D eigenvalue weighted by molar-refractivity contribution is 7.95. The number of halogens is 6. The van der Waals surface area contributed by atoms with E-state index in [1.54, 1.807) is 13.8 Å². The van der Waals surface area contributed by atoms with E-state index in [1.165, 1.54) is 41.8 Å². The van der Waals surface area contributed by atoms with Gasteiger partial charge in [0.1, 0.15) is 21.6 Å². The molecule has 0 aliphatic rings. The summed E-state index contributed by atoms with van der Waals surface area (Å²) >= 11 is 0. The lowest BCUT2D eigenvalue weighted by molar-refractivity contribution is -0.275. The predicted octanol–water partition coefficient (Wildman–Crippen LogP) is 7.16. The van der Waals surface area contributed by atoms with Crippen LogP contribution in [0.4, 0.5) is 26.3 Å². The van der Waals surface area contributed by atoms with E-state index in [-0.39, 0.29) is 22.9 Å². The number of benzene rings is 2. The molecule has 3 rings (SSSR count). The largest absolute Gasteiger partial charge is 0.573 e. The van der Waals surface area contributed by atoms with E-state index in [0.29, 0.717) is 5.69 Å². The summed E-state index contributed by atoms with van der Waals surface area (Å²) in [6, 6.07) is 11.7. The Morgan fingerprint density at radius 3 is 2.19 bits per heavy atom. The van der Waals surface area contributed by atoms with E-state index < -0.39 is 43.5 Å². The molecular formula is C25H20F6N2O3S. The highest BCUT2D eigenvalue weighted by Crippen LogP contribution is 2.38. The van der Waals surface area contributed by atoms with Gasteiger partial charge in [-0.05, 0) is 54.8 Å². The van der Waals surface area contributed by atoms with Crippen LogP contribution in [0.2, 0.25) is 0 Å². The van der Waals surface area contributed by atoms with E-state index in [2.05, 4.69) is 4.74 Å². The quantitative estimate of drug-likeness (QED) is 0.245. The molecule has 0 aliphatic heterocycles. The molecule has 0 unspecified atom stereocenters. The van der Waals surface area contributed by atoms with E-state index in [1.807, 2.05) is 0 Å². The van der Waals surface area contributed by atoms with Crippen molar-refractivity contribution < 1.29 is 39.5 Å². The van der Waals surface area contributed by atoms with Crippen LogP contribution in [0, 0.1) is 18.3 Å². The van der Waals surface area contributed by atoms with Gasteiger partial charge in [-0.1, -0.05) is 38.1 Å². The van der Waals surface area contributed by atoms with Gasteiger partial charge in [0.15, 0.2) is 0 Å². The number of alkyl halides is 6. The molecule has 3 aromatic rings. The Labute approximate surface area is 209 Å². The molecule has 1 heterocycles. The summed E-state index contributed by atoms with van der Waals surface area (Å²) in [5, 5.41) is 9.64. The standard InChI is InChI=1S/C25H20F6N2O3S/c1-15(2)21-13-17(16(3)33(21)20-9-5-4-8-19(20)24(26,27)28)12-18(14-32)37(34,35)23-11-7-6-10-22(23)36-25(29,30)31/h4-13,15H,1-3H3/b18-12+. The van der Waals surface area contributed by atoms with Gasteiger partial charge in [0.2, 0.25) is 9.84 Å². The van der Waals surface area contributed by atoms with Gasteiger partial charge in [-0.25, -0.2) is 8.42 Å². The minimum Gasteiger partial charge on any atom is -0.404 e. The van der Waals surface area contributed by atoms with Gasteiger partial charge in [-0.15, -0.1) is 13.2 Å². The number of aromatic nitrogens is 1. The molecule has 196 valence electrons. The van der Waals surface area contributed by atoms with E-state index in [0.717, 1.165) is 36.4 Å². The van der Waals surface area contributed by atoms with Crippen LogP contribution < -0.4 is 4.74 Å². The van der Waals surface area contributed by atoms with E-state index >= 15 is 0 Å². The van der Waals surface area contributed by atoms with Crippen molar-refractivity contribution in [2.24, 2.45) is 0 Å². The molecule has 0 bridgehead atoms. The number of nitrogens with zero attached hydrogens (tertiary/aromatic N) is 2. The third-order valence-corrected chi connectivity index (χ3v) is 7.11. The fraction of sp³-hybridized carbons (Fsp3) is 0.240. The average molecular weight is 543 g/mol. The first kappa shape index (κ1) is 27.9. The summed E-state index contributed by atoms with van der Waals surface area (Å²) in [5.74, 6) is -1.34. The zero-order valence-electron chi connectivity index (χ0n) is 19.6. The molecule has 0 spiro atoms. The minimum absolute atomic E-state index is 0.107. The van der Waals surface area contributed by atoms with E-state index in [9.17, 15) is 40.0 Å². The van der Waals surface area contributed by atoms with Gasteiger partial charge < -0.3 is 9.30 Å². The molecular weight excluding hydrogens is 522 g/mol. The molecule has 5 nitrogen and oxygen atoms in total. The third-order valence-electron chi connectivity index (χ3n) is 5.41. The zero-order valence-corrected chi connectivity index (χ0v) is 20.5. The third kappa shape index (κ3) is 5.83. The Bertz CT molecular complexity index is 1490. The lowest BCUT2D eigenvalue weighted by Crippen LogP contribution is -2.19. The van der Waals surface area contributed by atoms with Crippen molar-refractivity contribution in [3.05, 3.63) is 82.0 Å². The summed E-state index contributed by atoms with van der Waals surface area (Å²) < 4.78 is 111. The first-order chi connectivity index (χ1) is 17.1. The molecule has 0 saturated carbocycles. The van der Waals surface area contributed by atoms with Crippen LogP contribution in [-0.4, -0.2) is 19.3 Å². The monoisotopic (exact) mass is 542 g/mol.